The van der Waals surface area contributed by atoms with Crippen LogP contribution in [0.5, 0.6) is 0 Å². The van der Waals surface area contributed by atoms with E-state index < -0.39 is 10.5 Å². The molecule has 0 spiro atoms. The van der Waals surface area contributed by atoms with E-state index in [2.05, 4.69) is 55.8 Å². The van der Waals surface area contributed by atoms with E-state index in [4.69, 9.17) is 14.7 Å². The molecule has 0 aliphatic rings. The Morgan fingerprint density at radius 2 is 1.10 bits per heavy atom. The minimum atomic E-state index is -0.639. The van der Waals surface area contributed by atoms with E-state index in [0.717, 1.165) is 7.11 Å². The van der Waals surface area contributed by atoms with Crippen LogP contribution in [-0.4, -0.2) is 22.7 Å². The summed E-state index contributed by atoms with van der Waals surface area (Å²) in [6.45, 7) is 2.08. The number of nitrogens with two attached hydrogens (primary N) is 2. The first-order valence-electron chi connectivity index (χ1n) is 4.29. The van der Waals surface area contributed by atoms with Crippen LogP contribution in [0.4, 0.5) is 9.59 Å². The molecule has 20 heavy (non-hydrogen) atoms. The topological polar surface area (TPSA) is 106 Å². The van der Waals surface area contributed by atoms with Crippen molar-refractivity contribution in [2.24, 2.45) is 11.5 Å². The number of benzene rings is 1. The van der Waals surface area contributed by atoms with Gasteiger partial charge in [-0.3, -0.25) is 9.59 Å². The van der Waals surface area contributed by atoms with Crippen molar-refractivity contribution in [2.45, 2.75) is 29.2 Å². The van der Waals surface area contributed by atoms with Crippen molar-refractivity contribution in [3.63, 3.8) is 0 Å². The molecular formula is C13H30N2O3S2. The number of aliphatic hydroxyl groups excluding tert-OH is 1. The molecule has 1 aromatic rings. The molecule has 0 radical (unpaired) electrons. The Kier molecular flexibility index (Phi) is 55.8. The van der Waals surface area contributed by atoms with Crippen molar-refractivity contribution >= 4 is 35.7 Å². The summed E-state index contributed by atoms with van der Waals surface area (Å²) in [4.78, 5) is 18.2. The largest absolute Gasteiger partial charge is 0.400 e. The monoisotopic (exact) mass is 326 g/mol. The average Bonchev–Trinajstić information content (AvgIpc) is 2.20. The molecule has 0 atom stereocenters. The van der Waals surface area contributed by atoms with Crippen LogP contribution in [0.25, 0.3) is 0 Å². The van der Waals surface area contributed by atoms with Gasteiger partial charge in [-0.2, -0.15) is 0 Å². The molecule has 122 valence electrons. The smallest absolute Gasteiger partial charge is 0.273 e. The van der Waals surface area contributed by atoms with Gasteiger partial charge in [-0.25, -0.2) is 0 Å². The number of hydrogen-bond acceptors (Lipinski definition) is 3. The first kappa shape index (κ1) is 36.4. The van der Waals surface area contributed by atoms with E-state index in [1.807, 2.05) is 18.2 Å². The third-order valence-corrected chi connectivity index (χ3v) is 0.940. The molecule has 5 nitrogen and oxygen atoms in total. The number of rotatable bonds is 0. The summed E-state index contributed by atoms with van der Waals surface area (Å²) in [5.41, 5.74) is 9.99. The standard InChI is InChI=1S/C7H8.2CH3NOS.CH4O.3CH4/c1-7-5-3-2-4-6-7;2*2-1(3)4;1-2;;;/h2-6H,1H3;2*(H3,2,3,4);2H,1H3;3*1H4. The van der Waals surface area contributed by atoms with Crippen LogP contribution in [0, 0.1) is 6.92 Å². The lowest BCUT2D eigenvalue weighted by molar-refractivity contribution is 0.266. The van der Waals surface area contributed by atoms with Crippen LogP contribution in [0.2, 0.25) is 0 Å². The molecule has 0 saturated carbocycles. The molecule has 0 aromatic heterocycles. The van der Waals surface area contributed by atoms with Gasteiger partial charge in [0, 0.05) is 7.11 Å². The molecule has 2 amide bonds. The molecule has 0 saturated heterocycles. The molecule has 0 heterocycles. The van der Waals surface area contributed by atoms with Crippen molar-refractivity contribution in [1.82, 2.24) is 0 Å². The maximum Gasteiger partial charge on any atom is 0.273 e. The van der Waals surface area contributed by atoms with Gasteiger partial charge >= 0.3 is 0 Å². The second-order valence-corrected chi connectivity index (χ2v) is 3.21. The fourth-order valence-electron chi connectivity index (χ4n) is 0.534. The quantitative estimate of drug-likeness (QED) is 0.471. The van der Waals surface area contributed by atoms with Gasteiger partial charge in [0.25, 0.3) is 10.5 Å². The lowest BCUT2D eigenvalue weighted by Gasteiger charge is -1.82. The Morgan fingerprint density at radius 3 is 1.20 bits per heavy atom. The van der Waals surface area contributed by atoms with Crippen molar-refractivity contribution in [2.75, 3.05) is 7.11 Å². The average molecular weight is 327 g/mol. The zero-order valence-electron chi connectivity index (χ0n) is 9.70. The highest BCUT2D eigenvalue weighted by Gasteiger charge is 1.72. The minimum Gasteiger partial charge on any atom is -0.400 e. The second kappa shape index (κ2) is 30.7. The van der Waals surface area contributed by atoms with Crippen LogP contribution in [0.15, 0.2) is 30.3 Å². The van der Waals surface area contributed by atoms with Crippen LogP contribution in [-0.2, 0) is 0 Å². The number of carbonyl (C=O) groups is 2. The maximum absolute atomic E-state index is 9.09. The summed E-state index contributed by atoms with van der Waals surface area (Å²) < 4.78 is 0. The second-order valence-electron chi connectivity index (χ2n) is 2.33. The van der Waals surface area contributed by atoms with Gasteiger partial charge in [0.1, 0.15) is 0 Å². The van der Waals surface area contributed by atoms with Gasteiger partial charge in [0.15, 0.2) is 0 Å². The van der Waals surface area contributed by atoms with E-state index in [1.165, 1.54) is 5.56 Å². The summed E-state index contributed by atoms with van der Waals surface area (Å²) in [6.07, 6.45) is 0. The normalized spacial score (nSPS) is 5.85. The molecule has 0 bridgehead atoms. The molecule has 0 fully saturated rings. The van der Waals surface area contributed by atoms with Gasteiger partial charge < -0.3 is 16.6 Å². The van der Waals surface area contributed by atoms with Gasteiger partial charge in [-0.05, 0) is 6.92 Å². The summed E-state index contributed by atoms with van der Waals surface area (Å²) in [7, 11) is 1.00. The number of amides is 2. The SMILES string of the molecule is C.C.C.CO.Cc1ccccc1.NC(=O)S.NC(=O)S. The molecule has 7 heteroatoms. The maximum atomic E-state index is 9.09. The summed E-state index contributed by atoms with van der Waals surface area (Å²) >= 11 is 6.21. The third-order valence-electron chi connectivity index (χ3n) is 0.940. The number of hydrogen-bond donors (Lipinski definition) is 5. The Balaban J connectivity index is -0.0000000339. The highest BCUT2D eigenvalue weighted by Crippen LogP contribution is 1.92. The van der Waals surface area contributed by atoms with E-state index >= 15 is 0 Å². The zero-order chi connectivity index (χ0) is 14.3. The van der Waals surface area contributed by atoms with Gasteiger partial charge in [0.2, 0.25) is 0 Å². The van der Waals surface area contributed by atoms with Crippen molar-refractivity contribution in [1.29, 1.82) is 0 Å². The van der Waals surface area contributed by atoms with Crippen LogP contribution < -0.4 is 11.5 Å². The zero-order valence-corrected chi connectivity index (χ0v) is 11.5. The number of aryl methyl sites for hydroxylation is 1. The van der Waals surface area contributed by atoms with Crippen LogP contribution in [0.1, 0.15) is 27.8 Å². The predicted molar refractivity (Wildman–Crippen MR) is 96.7 cm³/mol. The van der Waals surface area contributed by atoms with Crippen molar-refractivity contribution in [3.8, 4) is 0 Å². The number of aliphatic hydroxyl groups is 1. The number of thiol groups is 2. The summed E-state index contributed by atoms with van der Waals surface area (Å²) in [5, 5.41) is 5.72. The molecule has 0 aliphatic carbocycles. The van der Waals surface area contributed by atoms with E-state index in [0.29, 0.717) is 0 Å². The Morgan fingerprint density at radius 1 is 0.900 bits per heavy atom. The third kappa shape index (κ3) is 90.5. The first-order valence-corrected chi connectivity index (χ1v) is 5.19. The van der Waals surface area contributed by atoms with Gasteiger partial charge in [-0.1, -0.05) is 83.4 Å². The fraction of sp³-hybridized carbons (Fsp3) is 0.385. The van der Waals surface area contributed by atoms with Gasteiger partial charge in [0.05, 0.1) is 0 Å². The molecule has 5 N–H and O–H groups in total. The van der Waals surface area contributed by atoms with Crippen molar-refractivity contribution < 1.29 is 14.7 Å². The van der Waals surface area contributed by atoms with Crippen LogP contribution >= 0.6 is 25.3 Å². The van der Waals surface area contributed by atoms with Crippen molar-refractivity contribution in [3.05, 3.63) is 35.9 Å². The summed E-state index contributed by atoms with van der Waals surface area (Å²) in [5.74, 6) is 0. The van der Waals surface area contributed by atoms with E-state index in [1.54, 1.807) is 0 Å². The predicted octanol–water partition coefficient (Wildman–Crippen LogP) is 3.50. The Labute approximate surface area is 134 Å². The first-order chi connectivity index (χ1) is 7.86. The lowest BCUT2D eigenvalue weighted by atomic mass is 10.2. The summed E-state index contributed by atoms with van der Waals surface area (Å²) in [6, 6.07) is 10.3. The number of primary amides is 2. The molecule has 0 aliphatic heterocycles. The molecular weight excluding hydrogens is 296 g/mol. The fourth-order valence-corrected chi connectivity index (χ4v) is 0.534. The van der Waals surface area contributed by atoms with Crippen LogP contribution in [0.3, 0.4) is 0 Å². The van der Waals surface area contributed by atoms with E-state index in [9.17, 15) is 0 Å². The van der Waals surface area contributed by atoms with Gasteiger partial charge in [-0.15, -0.1) is 0 Å². The van der Waals surface area contributed by atoms with E-state index in [-0.39, 0.29) is 22.3 Å². The number of carbonyl (C=O) groups excluding carboxylic acids is 2. The molecule has 0 unspecified atom stereocenters. The minimum absolute atomic E-state index is 0. The Hall–Kier alpha value is -1.18. The lowest BCUT2D eigenvalue weighted by Crippen LogP contribution is -1.95. The highest BCUT2D eigenvalue weighted by molar-refractivity contribution is 7.96. The molecule has 1 aromatic carbocycles. The Bertz CT molecular complexity index is 277. The molecule has 1 rings (SSSR count). The highest BCUT2D eigenvalue weighted by atomic mass is 32.1.